The fraction of sp³-hybridized carbons (Fsp3) is 0.522. The molecule has 2 saturated heterocycles. The van der Waals surface area contributed by atoms with Gasteiger partial charge >= 0.3 is 0 Å². The van der Waals surface area contributed by atoms with Gasteiger partial charge in [-0.25, -0.2) is 0 Å². The van der Waals surface area contributed by atoms with Crippen molar-refractivity contribution >= 4 is 5.69 Å². The van der Waals surface area contributed by atoms with E-state index in [-0.39, 0.29) is 0 Å². The van der Waals surface area contributed by atoms with Crippen molar-refractivity contribution in [1.29, 1.82) is 0 Å². The molecule has 0 bridgehead atoms. The first-order valence-electron chi connectivity index (χ1n) is 10.6. The summed E-state index contributed by atoms with van der Waals surface area (Å²) in [6.07, 6.45) is 4.44. The lowest BCUT2D eigenvalue weighted by Gasteiger charge is -2.30. The number of aromatic nitrogens is 1. The number of morpholine rings is 1. The van der Waals surface area contributed by atoms with Gasteiger partial charge in [-0.2, -0.15) is 0 Å². The average Bonchev–Trinajstić information content (AvgIpc) is 3.28. The summed E-state index contributed by atoms with van der Waals surface area (Å²) < 4.78 is 17.1. The second-order valence-corrected chi connectivity index (χ2v) is 7.72. The molecule has 0 saturated carbocycles. The summed E-state index contributed by atoms with van der Waals surface area (Å²) in [4.78, 5) is 9.30. The minimum Gasteiger partial charge on any atom is -0.496 e. The van der Waals surface area contributed by atoms with Crippen molar-refractivity contribution in [2.24, 2.45) is 0 Å². The summed E-state index contributed by atoms with van der Waals surface area (Å²) in [7, 11) is 1.76. The highest BCUT2D eigenvalue weighted by atomic mass is 16.5. The molecule has 1 aromatic carbocycles. The molecule has 1 atom stereocenters. The summed E-state index contributed by atoms with van der Waals surface area (Å²) in [5, 5.41) is 0. The molecule has 0 radical (unpaired) electrons. The van der Waals surface area contributed by atoms with Crippen LogP contribution < -0.4 is 9.64 Å². The number of methoxy groups -OCH3 is 1. The molecule has 6 nitrogen and oxygen atoms in total. The minimum atomic E-state index is 0.303. The van der Waals surface area contributed by atoms with Gasteiger partial charge in [0.2, 0.25) is 0 Å². The SMILES string of the molecule is COc1cc(N2CCOCC2)ccc1CN(Cc1ccccn1)CC1CCCO1. The summed E-state index contributed by atoms with van der Waals surface area (Å²) in [6, 6.07) is 12.7. The Bertz CT molecular complexity index is 759. The zero-order valence-corrected chi connectivity index (χ0v) is 17.3. The van der Waals surface area contributed by atoms with Gasteiger partial charge in [0.15, 0.2) is 0 Å². The van der Waals surface area contributed by atoms with Crippen LogP contribution in [0, 0.1) is 0 Å². The average molecular weight is 398 g/mol. The zero-order valence-electron chi connectivity index (χ0n) is 17.3. The minimum absolute atomic E-state index is 0.303. The van der Waals surface area contributed by atoms with Gasteiger partial charge in [-0.1, -0.05) is 12.1 Å². The number of hydrogen-bond acceptors (Lipinski definition) is 6. The first kappa shape index (κ1) is 20.1. The van der Waals surface area contributed by atoms with Gasteiger partial charge in [-0.15, -0.1) is 0 Å². The van der Waals surface area contributed by atoms with Crippen LogP contribution in [0.4, 0.5) is 5.69 Å². The van der Waals surface area contributed by atoms with Gasteiger partial charge in [0, 0.05) is 62.8 Å². The lowest BCUT2D eigenvalue weighted by molar-refractivity contribution is 0.0672. The number of nitrogens with zero attached hydrogens (tertiary/aromatic N) is 3. The number of hydrogen-bond donors (Lipinski definition) is 0. The van der Waals surface area contributed by atoms with Crippen molar-refractivity contribution in [3.63, 3.8) is 0 Å². The van der Waals surface area contributed by atoms with Gasteiger partial charge in [-0.3, -0.25) is 9.88 Å². The van der Waals surface area contributed by atoms with Crippen LogP contribution in [0.15, 0.2) is 42.6 Å². The van der Waals surface area contributed by atoms with E-state index in [2.05, 4.69) is 39.0 Å². The van der Waals surface area contributed by atoms with Crippen LogP contribution in [-0.2, 0) is 22.6 Å². The van der Waals surface area contributed by atoms with Crippen molar-refractivity contribution in [1.82, 2.24) is 9.88 Å². The van der Waals surface area contributed by atoms with Crippen LogP contribution in [0.2, 0.25) is 0 Å². The lowest BCUT2D eigenvalue weighted by Crippen LogP contribution is -2.36. The van der Waals surface area contributed by atoms with E-state index >= 15 is 0 Å². The van der Waals surface area contributed by atoms with E-state index in [4.69, 9.17) is 14.2 Å². The van der Waals surface area contributed by atoms with Gasteiger partial charge < -0.3 is 19.1 Å². The maximum absolute atomic E-state index is 5.90. The van der Waals surface area contributed by atoms with Crippen molar-refractivity contribution in [3.05, 3.63) is 53.9 Å². The molecule has 2 aliphatic heterocycles. The van der Waals surface area contributed by atoms with Crippen LogP contribution in [-0.4, -0.2) is 62.6 Å². The summed E-state index contributed by atoms with van der Waals surface area (Å²) in [5.74, 6) is 0.937. The summed E-state index contributed by atoms with van der Waals surface area (Å²) >= 11 is 0. The molecule has 6 heteroatoms. The highest BCUT2D eigenvalue weighted by molar-refractivity contribution is 5.54. The van der Waals surface area contributed by atoms with Crippen molar-refractivity contribution in [2.75, 3.05) is 51.5 Å². The van der Waals surface area contributed by atoms with Gasteiger partial charge in [-0.05, 0) is 31.0 Å². The maximum Gasteiger partial charge on any atom is 0.125 e. The number of ether oxygens (including phenoxy) is 3. The Labute approximate surface area is 173 Å². The molecule has 2 aromatic rings. The second-order valence-electron chi connectivity index (χ2n) is 7.72. The maximum atomic E-state index is 5.90. The van der Waals surface area contributed by atoms with E-state index in [9.17, 15) is 0 Å². The first-order valence-corrected chi connectivity index (χ1v) is 10.6. The monoisotopic (exact) mass is 397 g/mol. The highest BCUT2D eigenvalue weighted by Gasteiger charge is 2.21. The Balaban J connectivity index is 1.50. The Kier molecular flexibility index (Phi) is 6.98. The van der Waals surface area contributed by atoms with E-state index < -0.39 is 0 Å². The molecule has 2 fully saturated rings. The van der Waals surface area contributed by atoms with Crippen LogP contribution in [0.5, 0.6) is 5.75 Å². The molecule has 3 heterocycles. The van der Waals surface area contributed by atoms with E-state index in [1.54, 1.807) is 7.11 Å². The third kappa shape index (κ3) is 5.47. The third-order valence-corrected chi connectivity index (χ3v) is 5.64. The predicted molar refractivity (Wildman–Crippen MR) is 113 cm³/mol. The highest BCUT2D eigenvalue weighted by Crippen LogP contribution is 2.28. The van der Waals surface area contributed by atoms with Crippen molar-refractivity contribution in [3.8, 4) is 5.75 Å². The standard InChI is InChI=1S/C23H31N3O3/c1-27-23-15-21(26-10-13-28-14-11-26)8-7-19(23)16-25(18-22-6-4-12-29-22)17-20-5-2-3-9-24-20/h2-3,5,7-9,15,22H,4,6,10-14,16-18H2,1H3. The molecule has 1 unspecified atom stereocenters. The fourth-order valence-electron chi connectivity index (χ4n) is 4.11. The molecule has 1 aromatic heterocycles. The summed E-state index contributed by atoms with van der Waals surface area (Å²) in [5.41, 5.74) is 3.47. The molecule has 4 rings (SSSR count). The van der Waals surface area contributed by atoms with Crippen LogP contribution >= 0.6 is 0 Å². The van der Waals surface area contributed by atoms with Gasteiger partial charge in [0.25, 0.3) is 0 Å². The first-order chi connectivity index (χ1) is 14.3. The van der Waals surface area contributed by atoms with E-state index in [0.29, 0.717) is 6.10 Å². The summed E-state index contributed by atoms with van der Waals surface area (Å²) in [6.45, 7) is 6.80. The molecule has 156 valence electrons. The largest absolute Gasteiger partial charge is 0.496 e. The molecular weight excluding hydrogens is 366 g/mol. The van der Waals surface area contributed by atoms with E-state index in [0.717, 1.165) is 76.8 Å². The zero-order chi connectivity index (χ0) is 19.9. The molecular formula is C23H31N3O3. The molecule has 0 amide bonds. The van der Waals surface area contributed by atoms with E-state index in [1.165, 1.54) is 11.3 Å². The van der Waals surface area contributed by atoms with Gasteiger partial charge in [0.1, 0.15) is 5.75 Å². The Morgan fingerprint density at radius 2 is 2.03 bits per heavy atom. The number of pyridine rings is 1. The smallest absolute Gasteiger partial charge is 0.125 e. The Morgan fingerprint density at radius 1 is 1.14 bits per heavy atom. The molecule has 0 N–H and O–H groups in total. The normalized spacial score (nSPS) is 19.7. The van der Waals surface area contributed by atoms with Crippen molar-refractivity contribution in [2.45, 2.75) is 32.0 Å². The fourth-order valence-corrected chi connectivity index (χ4v) is 4.11. The van der Waals surface area contributed by atoms with Crippen LogP contribution in [0.1, 0.15) is 24.1 Å². The quantitative estimate of drug-likeness (QED) is 0.682. The predicted octanol–water partition coefficient (Wildman–Crippen LogP) is 3.11. The van der Waals surface area contributed by atoms with Crippen molar-refractivity contribution < 1.29 is 14.2 Å². The van der Waals surface area contributed by atoms with Crippen LogP contribution in [0.3, 0.4) is 0 Å². The molecule has 2 aliphatic rings. The molecule has 0 spiro atoms. The Morgan fingerprint density at radius 3 is 2.76 bits per heavy atom. The number of anilines is 1. The van der Waals surface area contributed by atoms with Gasteiger partial charge in [0.05, 0.1) is 32.1 Å². The molecule has 29 heavy (non-hydrogen) atoms. The number of rotatable bonds is 8. The van der Waals surface area contributed by atoms with E-state index in [1.807, 2.05) is 18.3 Å². The third-order valence-electron chi connectivity index (χ3n) is 5.64. The number of benzene rings is 1. The topological polar surface area (TPSA) is 47.1 Å². The lowest BCUT2D eigenvalue weighted by atomic mass is 10.1. The second kappa shape index (κ2) is 10.1. The molecule has 0 aliphatic carbocycles. The van der Waals surface area contributed by atoms with Crippen LogP contribution in [0.25, 0.3) is 0 Å². The Hall–Kier alpha value is -2.15.